The first-order valence-electron chi connectivity index (χ1n) is 9.17. The zero-order valence-electron chi connectivity index (χ0n) is 16.3. The maximum absolute atomic E-state index is 13.5. The third-order valence-corrected chi connectivity index (χ3v) is 4.09. The molecule has 0 fully saturated rings. The maximum atomic E-state index is 13.5. The van der Waals surface area contributed by atoms with Gasteiger partial charge in [-0.3, -0.25) is 14.9 Å². The summed E-state index contributed by atoms with van der Waals surface area (Å²) in [4.78, 5) is 35.8. The molecule has 11 heteroatoms. The van der Waals surface area contributed by atoms with Gasteiger partial charge in [0.1, 0.15) is 6.26 Å². The summed E-state index contributed by atoms with van der Waals surface area (Å²) in [5.74, 6) is -1.49. The number of furan rings is 1. The number of carbonyl (C=O) groups is 3. The molecule has 0 atom stereocenters. The second kappa shape index (κ2) is 9.69. The van der Waals surface area contributed by atoms with E-state index in [1.54, 1.807) is 30.3 Å². The van der Waals surface area contributed by atoms with Gasteiger partial charge in [0.2, 0.25) is 5.91 Å². The van der Waals surface area contributed by atoms with Crippen molar-refractivity contribution in [1.82, 2.24) is 5.32 Å². The molecule has 0 saturated heterocycles. The molecule has 0 unspecified atom stereocenters. The summed E-state index contributed by atoms with van der Waals surface area (Å²) in [5, 5.41) is 9.13. The Bertz CT molecular complexity index is 1100. The zero-order valence-corrected chi connectivity index (χ0v) is 16.3. The van der Waals surface area contributed by atoms with E-state index in [0.29, 0.717) is 5.69 Å². The smallest absolute Gasteiger partial charge is 0.418 e. The van der Waals surface area contributed by atoms with Crippen molar-refractivity contribution in [2.24, 2.45) is 0 Å². The third kappa shape index (κ3) is 6.11. The molecule has 0 aliphatic rings. The quantitative estimate of drug-likeness (QED) is 0.451. The standard InChI is InChI=1S/C21H17F3N4O4/c22-21(23,24)16-10-15(26-19(30)13-8-9-32-12-13)6-7-17(16)25-11-18(29)28-20(31)27-14-4-2-1-3-5-14/h1-10,12,25H,11H2,(H,26,30)(H2,27,28,29,31). The zero-order chi connectivity index (χ0) is 23.1. The van der Waals surface area contributed by atoms with Gasteiger partial charge in [-0.05, 0) is 36.4 Å². The van der Waals surface area contributed by atoms with Gasteiger partial charge in [-0.25, -0.2) is 4.79 Å². The number of carbonyl (C=O) groups excluding carboxylic acids is 3. The van der Waals surface area contributed by atoms with E-state index >= 15 is 0 Å². The number of rotatable bonds is 6. The molecule has 166 valence electrons. The molecule has 0 aliphatic heterocycles. The van der Waals surface area contributed by atoms with E-state index in [9.17, 15) is 27.6 Å². The summed E-state index contributed by atoms with van der Waals surface area (Å²) in [6, 6.07) is 11.9. The van der Waals surface area contributed by atoms with Gasteiger partial charge in [0.25, 0.3) is 5.91 Å². The van der Waals surface area contributed by atoms with Crippen LogP contribution < -0.4 is 21.3 Å². The van der Waals surface area contributed by atoms with Crippen molar-refractivity contribution in [2.45, 2.75) is 6.18 Å². The van der Waals surface area contributed by atoms with Crippen molar-refractivity contribution < 1.29 is 32.0 Å². The Morgan fingerprint density at radius 3 is 2.31 bits per heavy atom. The van der Waals surface area contributed by atoms with Gasteiger partial charge in [0.15, 0.2) is 0 Å². The lowest BCUT2D eigenvalue weighted by Gasteiger charge is -2.16. The van der Waals surface area contributed by atoms with Gasteiger partial charge in [0.05, 0.1) is 23.9 Å². The van der Waals surface area contributed by atoms with E-state index in [0.717, 1.165) is 18.4 Å². The highest BCUT2D eigenvalue weighted by molar-refractivity contribution is 6.04. The molecule has 0 bridgehead atoms. The fraction of sp³-hybridized carbons (Fsp3) is 0.0952. The van der Waals surface area contributed by atoms with E-state index in [-0.39, 0.29) is 11.3 Å². The first-order chi connectivity index (χ1) is 15.2. The van der Waals surface area contributed by atoms with Crippen molar-refractivity contribution >= 4 is 34.9 Å². The number of hydrogen-bond donors (Lipinski definition) is 4. The normalized spacial score (nSPS) is 10.8. The van der Waals surface area contributed by atoms with Crippen LogP contribution in [0.25, 0.3) is 0 Å². The van der Waals surface area contributed by atoms with Crippen LogP contribution in [-0.4, -0.2) is 24.4 Å². The first-order valence-corrected chi connectivity index (χ1v) is 9.17. The molecular weight excluding hydrogens is 429 g/mol. The van der Waals surface area contributed by atoms with Crippen LogP contribution in [0.2, 0.25) is 0 Å². The Morgan fingerprint density at radius 2 is 1.66 bits per heavy atom. The van der Waals surface area contributed by atoms with Gasteiger partial charge < -0.3 is 20.4 Å². The highest BCUT2D eigenvalue weighted by atomic mass is 19.4. The van der Waals surface area contributed by atoms with Crippen LogP contribution in [0.1, 0.15) is 15.9 Å². The van der Waals surface area contributed by atoms with Crippen molar-refractivity contribution in [3.05, 3.63) is 78.3 Å². The summed E-state index contributed by atoms with van der Waals surface area (Å²) < 4.78 is 45.2. The third-order valence-electron chi connectivity index (χ3n) is 4.09. The topological polar surface area (TPSA) is 112 Å². The van der Waals surface area contributed by atoms with Crippen LogP contribution in [0.5, 0.6) is 0 Å². The largest absolute Gasteiger partial charge is 0.472 e. The van der Waals surface area contributed by atoms with E-state index in [4.69, 9.17) is 4.42 Å². The molecule has 4 N–H and O–H groups in total. The van der Waals surface area contributed by atoms with Gasteiger partial charge in [-0.1, -0.05) is 18.2 Å². The summed E-state index contributed by atoms with van der Waals surface area (Å²) in [7, 11) is 0. The van der Waals surface area contributed by atoms with Crippen molar-refractivity contribution in [3.8, 4) is 0 Å². The van der Waals surface area contributed by atoms with Gasteiger partial charge in [-0.15, -0.1) is 0 Å². The molecule has 32 heavy (non-hydrogen) atoms. The Balaban J connectivity index is 1.63. The molecule has 8 nitrogen and oxygen atoms in total. The second-order valence-corrected chi connectivity index (χ2v) is 6.45. The van der Waals surface area contributed by atoms with Crippen molar-refractivity contribution in [3.63, 3.8) is 0 Å². The van der Waals surface area contributed by atoms with E-state index in [1.165, 1.54) is 18.4 Å². The molecule has 3 aromatic rings. The SMILES string of the molecule is O=C(CNc1ccc(NC(=O)c2ccoc2)cc1C(F)(F)F)NC(=O)Nc1ccccc1. The second-order valence-electron chi connectivity index (χ2n) is 6.45. The van der Waals surface area contributed by atoms with Gasteiger partial charge in [0, 0.05) is 17.1 Å². The Hall–Kier alpha value is -4.28. The predicted molar refractivity (Wildman–Crippen MR) is 110 cm³/mol. The molecule has 0 aliphatic carbocycles. The highest BCUT2D eigenvalue weighted by Gasteiger charge is 2.34. The molecule has 0 radical (unpaired) electrons. The van der Waals surface area contributed by atoms with Gasteiger partial charge in [-0.2, -0.15) is 13.2 Å². The molecule has 1 aromatic heterocycles. The average molecular weight is 446 g/mol. The fourth-order valence-corrected chi connectivity index (χ4v) is 2.64. The van der Waals surface area contributed by atoms with E-state index in [1.807, 2.05) is 5.32 Å². The lowest BCUT2D eigenvalue weighted by atomic mass is 10.1. The van der Waals surface area contributed by atoms with Crippen LogP contribution in [0, 0.1) is 0 Å². The Morgan fingerprint density at radius 1 is 0.906 bits per heavy atom. The van der Waals surface area contributed by atoms with Crippen LogP contribution in [0.15, 0.2) is 71.5 Å². The highest BCUT2D eigenvalue weighted by Crippen LogP contribution is 2.36. The number of para-hydroxylation sites is 1. The summed E-state index contributed by atoms with van der Waals surface area (Å²) in [5.41, 5.74) is -0.994. The number of alkyl halides is 3. The summed E-state index contributed by atoms with van der Waals surface area (Å²) in [6.07, 6.45) is -2.35. The van der Waals surface area contributed by atoms with Crippen molar-refractivity contribution in [2.75, 3.05) is 22.5 Å². The number of nitrogens with one attached hydrogen (secondary N) is 4. The summed E-state index contributed by atoms with van der Waals surface area (Å²) >= 11 is 0. The number of imide groups is 1. The molecule has 4 amide bonds. The Kier molecular flexibility index (Phi) is 6.78. The van der Waals surface area contributed by atoms with Crippen molar-refractivity contribution in [1.29, 1.82) is 0 Å². The monoisotopic (exact) mass is 446 g/mol. The Labute approximate surface area is 179 Å². The number of amides is 4. The summed E-state index contributed by atoms with van der Waals surface area (Å²) in [6.45, 7) is -0.591. The molecule has 2 aromatic carbocycles. The lowest BCUT2D eigenvalue weighted by Crippen LogP contribution is -2.38. The predicted octanol–water partition coefficient (Wildman–Crippen LogP) is 4.31. The van der Waals surface area contributed by atoms with Crippen LogP contribution in [-0.2, 0) is 11.0 Å². The minimum atomic E-state index is -4.76. The minimum absolute atomic E-state index is 0.0965. The fourth-order valence-electron chi connectivity index (χ4n) is 2.64. The lowest BCUT2D eigenvalue weighted by molar-refractivity contribution is -0.137. The first kappa shape index (κ1) is 22.4. The maximum Gasteiger partial charge on any atom is 0.418 e. The van der Waals surface area contributed by atoms with E-state index in [2.05, 4.69) is 16.0 Å². The average Bonchev–Trinajstić information content (AvgIpc) is 3.28. The number of benzene rings is 2. The molecule has 1 heterocycles. The van der Waals surface area contributed by atoms with E-state index < -0.39 is 41.8 Å². The molecular formula is C21H17F3N4O4. The molecule has 3 rings (SSSR count). The number of halogens is 3. The van der Waals surface area contributed by atoms with Crippen LogP contribution in [0.4, 0.5) is 35.0 Å². The molecule has 0 spiro atoms. The molecule has 0 saturated carbocycles. The van der Waals surface area contributed by atoms with Crippen LogP contribution in [0.3, 0.4) is 0 Å². The van der Waals surface area contributed by atoms with Gasteiger partial charge >= 0.3 is 12.2 Å². The number of urea groups is 1. The number of anilines is 3. The van der Waals surface area contributed by atoms with Crippen LogP contribution >= 0.6 is 0 Å². The minimum Gasteiger partial charge on any atom is -0.472 e. The number of hydrogen-bond acceptors (Lipinski definition) is 5.